The van der Waals surface area contributed by atoms with Crippen molar-refractivity contribution in [2.75, 3.05) is 0 Å². The van der Waals surface area contributed by atoms with Gasteiger partial charge in [0.15, 0.2) is 0 Å². The smallest absolute Gasteiger partial charge is 0.406 e. The summed E-state index contributed by atoms with van der Waals surface area (Å²) in [5.74, 6) is 1.20. The lowest BCUT2D eigenvalue weighted by Gasteiger charge is -2.12. The number of benzene rings is 2. The molecule has 2 rings (SSSR count). The number of hydrogen-bond acceptors (Lipinski definition) is 1. The van der Waals surface area contributed by atoms with Gasteiger partial charge in [-0.05, 0) is 42.8 Å². The van der Waals surface area contributed by atoms with Crippen molar-refractivity contribution in [3.05, 3.63) is 53.3 Å². The number of hydrogen-bond donors (Lipinski definition) is 0. The van der Waals surface area contributed by atoms with Crippen molar-refractivity contribution in [2.45, 2.75) is 13.3 Å². The lowest BCUT2D eigenvalue weighted by Crippen LogP contribution is -2.17. The van der Waals surface area contributed by atoms with Gasteiger partial charge in [-0.2, -0.15) is 0 Å². The van der Waals surface area contributed by atoms with Crippen molar-refractivity contribution in [3.63, 3.8) is 0 Å². The van der Waals surface area contributed by atoms with Crippen LogP contribution in [0.25, 0.3) is 11.1 Å². The quantitative estimate of drug-likeness (QED) is 0.577. The Balaban J connectivity index is 2.56. The fourth-order valence-corrected chi connectivity index (χ4v) is 1.89. The van der Waals surface area contributed by atoms with E-state index in [4.69, 9.17) is 6.42 Å². The second kappa shape index (κ2) is 5.49. The molecule has 0 amide bonds. The van der Waals surface area contributed by atoms with Crippen LogP contribution in [-0.2, 0) is 0 Å². The highest BCUT2D eigenvalue weighted by Crippen LogP contribution is 2.31. The molecule has 0 aliphatic rings. The molecule has 0 N–H and O–H groups in total. The maximum Gasteiger partial charge on any atom is 0.573 e. The zero-order chi connectivity index (χ0) is 15.6. The Labute approximate surface area is 119 Å². The van der Waals surface area contributed by atoms with Gasteiger partial charge >= 0.3 is 6.36 Å². The van der Waals surface area contributed by atoms with Gasteiger partial charge in [-0.15, -0.1) is 19.6 Å². The van der Waals surface area contributed by atoms with Crippen LogP contribution in [-0.4, -0.2) is 6.36 Å². The lowest BCUT2D eigenvalue weighted by molar-refractivity contribution is -0.274. The summed E-state index contributed by atoms with van der Waals surface area (Å²) in [6, 6.07) is 7.95. The molecule has 108 valence electrons. The van der Waals surface area contributed by atoms with Gasteiger partial charge < -0.3 is 4.74 Å². The van der Waals surface area contributed by atoms with E-state index in [-0.39, 0.29) is 16.7 Å². The first kappa shape index (κ1) is 14.9. The van der Waals surface area contributed by atoms with Crippen LogP contribution in [0.4, 0.5) is 17.6 Å². The fraction of sp³-hybridized carbons (Fsp3) is 0.125. The van der Waals surface area contributed by atoms with Gasteiger partial charge in [0.1, 0.15) is 11.6 Å². The van der Waals surface area contributed by atoms with Crippen LogP contribution in [0.3, 0.4) is 0 Å². The van der Waals surface area contributed by atoms with Crippen LogP contribution in [0, 0.1) is 25.1 Å². The third kappa shape index (κ3) is 3.76. The highest BCUT2D eigenvalue weighted by Gasteiger charge is 2.31. The second-order valence-electron chi connectivity index (χ2n) is 4.42. The van der Waals surface area contributed by atoms with Gasteiger partial charge in [0.2, 0.25) is 0 Å². The van der Waals surface area contributed by atoms with Crippen LogP contribution in [0.1, 0.15) is 11.1 Å². The first-order valence-corrected chi connectivity index (χ1v) is 5.92. The highest BCUT2D eigenvalue weighted by molar-refractivity contribution is 5.68. The van der Waals surface area contributed by atoms with E-state index in [2.05, 4.69) is 10.7 Å². The maximum absolute atomic E-state index is 13.8. The van der Waals surface area contributed by atoms with Crippen LogP contribution >= 0.6 is 0 Å². The summed E-state index contributed by atoms with van der Waals surface area (Å²) < 4.78 is 54.6. The van der Waals surface area contributed by atoms with E-state index in [1.54, 1.807) is 13.0 Å². The normalized spacial score (nSPS) is 11.0. The fourth-order valence-electron chi connectivity index (χ4n) is 1.89. The van der Waals surface area contributed by atoms with Crippen LogP contribution in [0.5, 0.6) is 5.75 Å². The molecule has 0 heterocycles. The number of halogens is 4. The number of alkyl halides is 3. The predicted molar refractivity (Wildman–Crippen MR) is 71.2 cm³/mol. The largest absolute Gasteiger partial charge is 0.573 e. The molecular weight excluding hydrogens is 284 g/mol. The summed E-state index contributed by atoms with van der Waals surface area (Å²) in [5.41, 5.74) is 1.34. The van der Waals surface area contributed by atoms with E-state index in [1.807, 2.05) is 0 Å². The van der Waals surface area contributed by atoms with Crippen molar-refractivity contribution in [1.29, 1.82) is 0 Å². The highest BCUT2D eigenvalue weighted by atomic mass is 19.4. The molecule has 2 aromatic carbocycles. The molecular formula is C16H10F4O. The summed E-state index contributed by atoms with van der Waals surface area (Å²) in [7, 11) is 0. The Kier molecular flexibility index (Phi) is 3.90. The van der Waals surface area contributed by atoms with E-state index in [0.717, 1.165) is 17.7 Å². The van der Waals surface area contributed by atoms with Gasteiger partial charge in [-0.1, -0.05) is 17.6 Å². The average Bonchev–Trinajstić information content (AvgIpc) is 2.39. The number of rotatable bonds is 2. The standard InChI is InChI=1S/C16H10F4O/c1-3-11-7-12(9-13(8-11)21-16(18,19)20)14-6-10(2)4-5-15(14)17/h1,4-9H,2H3. The van der Waals surface area contributed by atoms with Crippen molar-refractivity contribution < 1.29 is 22.3 Å². The molecule has 5 heteroatoms. The summed E-state index contributed by atoms with van der Waals surface area (Å²) >= 11 is 0. The van der Waals surface area contributed by atoms with Crippen LogP contribution in [0.15, 0.2) is 36.4 Å². The van der Waals surface area contributed by atoms with Gasteiger partial charge in [0.05, 0.1) is 0 Å². The molecule has 0 radical (unpaired) electrons. The third-order valence-electron chi connectivity index (χ3n) is 2.74. The van der Waals surface area contributed by atoms with Gasteiger partial charge in [-0.25, -0.2) is 4.39 Å². The molecule has 0 spiro atoms. The number of terminal acetylenes is 1. The minimum atomic E-state index is -4.84. The second-order valence-corrected chi connectivity index (χ2v) is 4.42. The lowest BCUT2D eigenvalue weighted by atomic mass is 10.0. The zero-order valence-electron chi connectivity index (χ0n) is 11.0. The molecule has 0 unspecified atom stereocenters. The summed E-state index contributed by atoms with van der Waals surface area (Å²) in [4.78, 5) is 0. The van der Waals surface area contributed by atoms with Gasteiger partial charge in [0, 0.05) is 11.1 Å². The molecule has 0 atom stereocenters. The molecule has 0 aromatic heterocycles. The molecule has 0 saturated carbocycles. The van der Waals surface area contributed by atoms with Gasteiger partial charge in [-0.3, -0.25) is 0 Å². The first-order chi connectivity index (χ1) is 9.78. The molecule has 0 saturated heterocycles. The number of aryl methyl sites for hydroxylation is 1. The third-order valence-corrected chi connectivity index (χ3v) is 2.74. The Morgan fingerprint density at radius 2 is 1.81 bits per heavy atom. The Bertz CT molecular complexity index is 711. The summed E-state index contributed by atoms with van der Waals surface area (Å²) in [6.45, 7) is 1.75. The Morgan fingerprint density at radius 3 is 2.43 bits per heavy atom. The Hall–Kier alpha value is -2.48. The minimum absolute atomic E-state index is 0.166. The zero-order valence-corrected chi connectivity index (χ0v) is 11.0. The topological polar surface area (TPSA) is 9.23 Å². The number of ether oxygens (including phenoxy) is 1. The maximum atomic E-state index is 13.8. The van der Waals surface area contributed by atoms with Crippen molar-refractivity contribution >= 4 is 0 Å². The predicted octanol–water partition coefficient (Wildman–Crippen LogP) is 4.68. The average molecular weight is 294 g/mol. The SMILES string of the molecule is C#Cc1cc(OC(F)(F)F)cc(-c2cc(C)ccc2F)c1. The van der Waals surface area contributed by atoms with Crippen molar-refractivity contribution in [1.82, 2.24) is 0 Å². The molecule has 21 heavy (non-hydrogen) atoms. The van der Waals surface area contributed by atoms with E-state index in [0.29, 0.717) is 0 Å². The first-order valence-electron chi connectivity index (χ1n) is 5.92. The Morgan fingerprint density at radius 1 is 1.10 bits per heavy atom. The summed E-state index contributed by atoms with van der Waals surface area (Å²) in [6.07, 6.45) is 0.379. The van der Waals surface area contributed by atoms with Gasteiger partial charge in [0.25, 0.3) is 0 Å². The summed E-state index contributed by atoms with van der Waals surface area (Å²) in [5, 5.41) is 0. The molecule has 0 fully saturated rings. The van der Waals surface area contributed by atoms with Crippen LogP contribution < -0.4 is 4.74 Å². The van der Waals surface area contributed by atoms with Crippen molar-refractivity contribution in [2.24, 2.45) is 0 Å². The van der Waals surface area contributed by atoms with Crippen molar-refractivity contribution in [3.8, 4) is 29.2 Å². The van der Waals surface area contributed by atoms with E-state index < -0.39 is 17.9 Å². The van der Waals surface area contributed by atoms with E-state index in [9.17, 15) is 17.6 Å². The molecule has 0 aliphatic heterocycles. The molecule has 0 aliphatic carbocycles. The van der Waals surface area contributed by atoms with E-state index >= 15 is 0 Å². The molecule has 0 bridgehead atoms. The molecule has 1 nitrogen and oxygen atoms in total. The molecule has 2 aromatic rings. The minimum Gasteiger partial charge on any atom is -0.406 e. The van der Waals surface area contributed by atoms with Crippen LogP contribution in [0.2, 0.25) is 0 Å². The van der Waals surface area contributed by atoms with E-state index in [1.165, 1.54) is 18.2 Å². The monoisotopic (exact) mass is 294 g/mol.